The molecule has 0 aliphatic rings. The van der Waals surface area contributed by atoms with Gasteiger partial charge in [0, 0.05) is 0 Å². The van der Waals surface area contributed by atoms with E-state index >= 15 is 0 Å². The first-order valence-corrected chi connectivity index (χ1v) is 1.36. The van der Waals surface area contributed by atoms with Crippen LogP contribution in [0.5, 0.6) is 0 Å². The predicted octanol–water partition coefficient (Wildman–Crippen LogP) is -12.1. The van der Waals surface area contributed by atoms with E-state index in [1.807, 2.05) is 0 Å². The quantitative estimate of drug-likeness (QED) is 0.428. The third-order valence-corrected chi connectivity index (χ3v) is 0. The fourth-order valence-electron chi connectivity index (χ4n) is 0. The van der Waals surface area contributed by atoms with Crippen LogP contribution in [0.3, 0.4) is 0 Å². The van der Waals surface area contributed by atoms with Gasteiger partial charge in [-0.3, -0.25) is 0 Å². The van der Waals surface area contributed by atoms with Crippen molar-refractivity contribution in [3.05, 3.63) is 0 Å². The summed E-state index contributed by atoms with van der Waals surface area (Å²) in [7, 11) is 0. The summed E-state index contributed by atoms with van der Waals surface area (Å²) in [5.74, 6) is 0. The Morgan fingerprint density at radius 2 is 0.667 bits per heavy atom. The van der Waals surface area contributed by atoms with Crippen molar-refractivity contribution in [2.75, 3.05) is 0 Å². The van der Waals surface area contributed by atoms with Gasteiger partial charge in [0.15, 0.2) is 0 Å². The van der Waals surface area contributed by atoms with Gasteiger partial charge < -0.3 is 49.6 Å². The van der Waals surface area contributed by atoms with E-state index < -0.39 is 0 Å². The van der Waals surface area contributed by atoms with Crippen LogP contribution in [0.1, 0.15) is 0 Å². The molecule has 0 rings (SSSR count). The number of rotatable bonds is 0. The van der Waals surface area contributed by atoms with E-state index in [0.717, 1.165) is 0 Å². The van der Waals surface area contributed by atoms with Crippen LogP contribution in [-0.2, 0) is 23.2 Å². The van der Waals surface area contributed by atoms with Gasteiger partial charge in [0.05, 0.1) is 0 Å². The van der Waals surface area contributed by atoms with Gasteiger partial charge >= 0.3 is 23.2 Å². The van der Waals surface area contributed by atoms with Crippen molar-refractivity contribution in [3.63, 3.8) is 0 Å². The first kappa shape index (κ1) is 48.2. The maximum absolute atomic E-state index is 8.33. The van der Waals surface area contributed by atoms with E-state index in [1.54, 1.807) is 0 Å². The molecule has 0 N–H and O–H groups in total. The van der Waals surface area contributed by atoms with Crippen molar-refractivity contribution in [1.82, 2.24) is 0 Å². The molecule has 0 aromatic rings. The summed E-state index contributed by atoms with van der Waals surface area (Å²) < 4.78 is 8.33. The fraction of sp³-hybridized carbons (Fsp3) is 0. The van der Waals surface area contributed by atoms with E-state index in [4.69, 9.17) is 3.40 Å². The van der Waals surface area contributed by atoms with Gasteiger partial charge in [-0.2, -0.15) is 0 Å². The van der Waals surface area contributed by atoms with E-state index in [2.05, 4.69) is 0 Å². The van der Waals surface area contributed by atoms with E-state index in [0.29, 0.717) is 19.8 Å². The summed E-state index contributed by atoms with van der Waals surface area (Å²) in [6.07, 6.45) is 0. The van der Waals surface area contributed by atoms with Crippen LogP contribution in [0.25, 0.3) is 0 Å². The van der Waals surface area contributed by atoms with Crippen molar-refractivity contribution in [3.8, 4) is 0 Å². The van der Waals surface area contributed by atoms with Crippen molar-refractivity contribution < 1.29 is 72.8 Å². The zero-order chi connectivity index (χ0) is 2.00. The zero-order valence-corrected chi connectivity index (χ0v) is 8.29. The Kier molecular flexibility index (Phi) is 627. The summed E-state index contributed by atoms with van der Waals surface area (Å²) in [5, 5.41) is 0. The molecule has 0 amide bonds. The number of hydrogen-bond acceptors (Lipinski definition) is 1. The molecule has 0 fully saturated rings. The molecule has 1 nitrogen and oxygen atoms in total. The van der Waals surface area contributed by atoms with Gasteiger partial charge in [0.1, 0.15) is 0 Å². The molecule has 0 saturated carbocycles. The van der Waals surface area contributed by atoms with Crippen molar-refractivity contribution in [2.45, 2.75) is 0 Å². The van der Waals surface area contributed by atoms with Gasteiger partial charge in [-0.05, 0) is 0 Å². The van der Waals surface area contributed by atoms with Crippen molar-refractivity contribution in [2.24, 2.45) is 0 Å². The minimum atomic E-state index is 0. The van der Waals surface area contributed by atoms with Crippen molar-refractivity contribution >= 4 is 0 Å². The van der Waals surface area contributed by atoms with Crippen LogP contribution < -0.4 is 49.6 Å². The summed E-state index contributed by atoms with van der Waals surface area (Å²) in [6, 6.07) is 0. The van der Waals surface area contributed by atoms with Gasteiger partial charge in [0.2, 0.25) is 0 Å². The molecular formula is Cl4OW. The molecule has 6 heavy (non-hydrogen) atoms. The summed E-state index contributed by atoms with van der Waals surface area (Å²) >= 11 is 0.333. The molecule has 40 valence electrons. The Bertz CT molecular complexity index is 7.51. The third kappa shape index (κ3) is 44.9. The van der Waals surface area contributed by atoms with Crippen LogP contribution >= 0.6 is 0 Å². The normalized spacial score (nSPS) is 1.00. The summed E-state index contributed by atoms with van der Waals surface area (Å²) in [4.78, 5) is 0. The molecule has 0 radical (unpaired) electrons. The predicted molar refractivity (Wildman–Crippen MR) is 0.686 cm³/mol. The molecule has 0 heterocycles. The summed E-state index contributed by atoms with van der Waals surface area (Å²) in [5.41, 5.74) is 0. The zero-order valence-electron chi connectivity index (χ0n) is 2.33. The van der Waals surface area contributed by atoms with Gasteiger partial charge in [-0.15, -0.1) is 0 Å². The standard InChI is InChI=1S/4ClH.O.W/h4*1H;;/q;;;;;+4/p-4. The Hall–Kier alpha value is 1.65. The Morgan fingerprint density at radius 3 is 0.667 bits per heavy atom. The monoisotopic (exact) mass is 340 g/mol. The van der Waals surface area contributed by atoms with Crippen LogP contribution in [0.2, 0.25) is 0 Å². The molecule has 6 heteroatoms. The van der Waals surface area contributed by atoms with Crippen LogP contribution in [0.15, 0.2) is 0 Å². The second kappa shape index (κ2) is 78.1. The molecular weight excluding hydrogens is 342 g/mol. The maximum atomic E-state index is 8.33. The second-order valence-electron chi connectivity index (χ2n) is 0. The number of halogens is 4. The molecule has 0 aromatic heterocycles. The van der Waals surface area contributed by atoms with Gasteiger partial charge in [-0.1, -0.05) is 0 Å². The Balaban J connectivity index is -0.000000000833. The second-order valence-corrected chi connectivity index (χ2v) is 0. The Labute approximate surface area is 72.5 Å². The molecule has 0 bridgehead atoms. The topological polar surface area (TPSA) is 17.1 Å². The molecule has 0 saturated heterocycles. The summed E-state index contributed by atoms with van der Waals surface area (Å²) in [6.45, 7) is 0. The van der Waals surface area contributed by atoms with Gasteiger partial charge in [-0.25, -0.2) is 0 Å². The average molecular weight is 342 g/mol. The average Bonchev–Trinajstić information content (AvgIpc) is 1.00. The van der Waals surface area contributed by atoms with Gasteiger partial charge in [0.25, 0.3) is 0 Å². The fourth-order valence-corrected chi connectivity index (χ4v) is 0. The van der Waals surface area contributed by atoms with Crippen LogP contribution in [0, 0.1) is 0 Å². The van der Waals surface area contributed by atoms with E-state index in [9.17, 15) is 0 Å². The molecule has 0 atom stereocenters. The molecule has 0 spiro atoms. The molecule has 0 unspecified atom stereocenters. The molecule has 0 aliphatic heterocycles. The SMILES string of the molecule is [Cl-].[Cl-].[Cl-].[Cl-].[O]=[W+4]. The molecule has 0 aromatic carbocycles. The van der Waals surface area contributed by atoms with Crippen LogP contribution in [-0.4, -0.2) is 0 Å². The first-order valence-electron chi connectivity index (χ1n) is 0.167. The van der Waals surface area contributed by atoms with E-state index in [1.165, 1.54) is 0 Å². The minimum absolute atomic E-state index is 0. The first-order chi connectivity index (χ1) is 1.00. The number of hydrogen-bond donors (Lipinski definition) is 0. The third-order valence-electron chi connectivity index (χ3n) is 0. The Morgan fingerprint density at radius 1 is 0.667 bits per heavy atom. The van der Waals surface area contributed by atoms with Crippen molar-refractivity contribution in [1.29, 1.82) is 0 Å². The van der Waals surface area contributed by atoms with Crippen LogP contribution in [0.4, 0.5) is 0 Å². The van der Waals surface area contributed by atoms with E-state index in [-0.39, 0.29) is 49.6 Å². The molecule has 0 aliphatic carbocycles.